The molecule has 0 aliphatic carbocycles. The molecule has 0 aliphatic heterocycles. The second-order valence-electron chi connectivity index (χ2n) is 3.16. The maximum Gasteiger partial charge on any atom is 0.343 e. The van der Waals surface area contributed by atoms with Crippen molar-refractivity contribution < 1.29 is 24.9 Å². The second-order valence-corrected chi connectivity index (χ2v) is 3.93. The van der Waals surface area contributed by atoms with Crippen LogP contribution >= 0.6 is 11.8 Å². The van der Waals surface area contributed by atoms with Crippen LogP contribution in [0.25, 0.3) is 0 Å². The van der Waals surface area contributed by atoms with E-state index in [-0.39, 0.29) is 10.9 Å². The average Bonchev–Trinajstić information content (AvgIpc) is 2.25. The smallest absolute Gasteiger partial charge is 0.343 e. The molecule has 17 heavy (non-hydrogen) atoms. The Hall–Kier alpha value is -1.83. The summed E-state index contributed by atoms with van der Waals surface area (Å²) in [5, 5.41) is 27.3. The molecule has 1 rings (SSSR count). The van der Waals surface area contributed by atoms with E-state index in [0.717, 1.165) is 11.8 Å². The number of carboxylic acid groups (broad SMARTS) is 2. The molecule has 0 aromatic carbocycles. The number of carbonyl (C=O) groups is 2. The number of hydrogen-bond acceptors (Lipinski definition) is 6. The van der Waals surface area contributed by atoms with E-state index >= 15 is 0 Å². The van der Waals surface area contributed by atoms with E-state index in [1.165, 1.54) is 6.92 Å². The summed E-state index contributed by atoms with van der Waals surface area (Å²) < 4.78 is 0. The minimum atomic E-state index is -1.46. The topological polar surface area (TPSA) is 121 Å². The van der Waals surface area contributed by atoms with Gasteiger partial charge in [0.25, 0.3) is 0 Å². The van der Waals surface area contributed by atoms with E-state index in [1.54, 1.807) is 6.26 Å². The Labute approximate surface area is 101 Å². The molecule has 8 heteroatoms. The molecule has 1 aromatic rings. The molecule has 0 amide bonds. The Bertz CT molecular complexity index is 477. The van der Waals surface area contributed by atoms with Crippen molar-refractivity contribution in [3.63, 3.8) is 0 Å². The van der Waals surface area contributed by atoms with Gasteiger partial charge < -0.3 is 15.3 Å². The molecule has 1 heterocycles. The first kappa shape index (κ1) is 13.2. The van der Waals surface area contributed by atoms with Crippen LogP contribution in [0.1, 0.15) is 28.9 Å². The Kier molecular flexibility index (Phi) is 3.89. The lowest BCUT2D eigenvalue weighted by Gasteiger charge is -2.11. The standard InChI is InChI=1S/C9H10N2O5S/c1-3(7(13)14)5-4(8(15)16)6(12)11-9(10-5)17-2/h3H,1-2H3,(H,13,14)(H,15,16)(H,10,11,12). The molecular weight excluding hydrogens is 248 g/mol. The molecule has 0 radical (unpaired) electrons. The number of rotatable bonds is 4. The van der Waals surface area contributed by atoms with Gasteiger partial charge in [-0.1, -0.05) is 11.8 Å². The van der Waals surface area contributed by atoms with Gasteiger partial charge in [0.2, 0.25) is 5.88 Å². The fraction of sp³-hybridized carbons (Fsp3) is 0.333. The van der Waals surface area contributed by atoms with Crippen molar-refractivity contribution in [3.8, 4) is 5.88 Å². The summed E-state index contributed by atoms with van der Waals surface area (Å²) >= 11 is 1.08. The molecule has 0 fully saturated rings. The molecule has 7 nitrogen and oxygen atoms in total. The average molecular weight is 258 g/mol. The van der Waals surface area contributed by atoms with Gasteiger partial charge in [0, 0.05) is 0 Å². The van der Waals surface area contributed by atoms with Crippen molar-refractivity contribution in [1.29, 1.82) is 0 Å². The number of aromatic hydroxyl groups is 1. The minimum absolute atomic E-state index is 0.121. The quantitative estimate of drug-likeness (QED) is 0.535. The monoisotopic (exact) mass is 258 g/mol. The largest absolute Gasteiger partial charge is 0.493 e. The number of thioether (sulfide) groups is 1. The number of aromatic carboxylic acids is 1. The molecule has 0 spiro atoms. The lowest BCUT2D eigenvalue weighted by atomic mass is 10.0. The molecule has 1 unspecified atom stereocenters. The SMILES string of the molecule is CSc1nc(O)c(C(=O)O)c(C(C)C(=O)O)n1. The fourth-order valence-electron chi connectivity index (χ4n) is 1.17. The highest BCUT2D eigenvalue weighted by atomic mass is 32.2. The van der Waals surface area contributed by atoms with Gasteiger partial charge in [-0.3, -0.25) is 4.79 Å². The van der Waals surface area contributed by atoms with Crippen molar-refractivity contribution in [2.45, 2.75) is 18.0 Å². The normalized spacial score (nSPS) is 12.1. The summed E-state index contributed by atoms with van der Waals surface area (Å²) in [4.78, 5) is 29.1. The van der Waals surface area contributed by atoms with Crippen LogP contribution in [-0.4, -0.2) is 43.5 Å². The summed E-state index contributed by atoms with van der Waals surface area (Å²) in [6, 6.07) is 0. The first-order valence-electron chi connectivity index (χ1n) is 4.49. The first-order valence-corrected chi connectivity index (χ1v) is 5.72. The molecule has 0 saturated carbocycles. The van der Waals surface area contributed by atoms with Gasteiger partial charge in [-0.25, -0.2) is 9.78 Å². The summed E-state index contributed by atoms with van der Waals surface area (Å²) in [7, 11) is 0. The summed E-state index contributed by atoms with van der Waals surface area (Å²) in [6.45, 7) is 1.29. The maximum absolute atomic E-state index is 10.9. The third kappa shape index (κ3) is 2.64. The minimum Gasteiger partial charge on any atom is -0.493 e. The Morgan fingerprint density at radius 3 is 2.29 bits per heavy atom. The van der Waals surface area contributed by atoms with Gasteiger partial charge in [-0.2, -0.15) is 4.98 Å². The molecule has 92 valence electrons. The van der Waals surface area contributed by atoms with Crippen molar-refractivity contribution in [2.24, 2.45) is 0 Å². The third-order valence-electron chi connectivity index (χ3n) is 2.07. The van der Waals surface area contributed by atoms with Crippen LogP contribution in [0, 0.1) is 0 Å². The number of carboxylic acids is 2. The highest BCUT2D eigenvalue weighted by Gasteiger charge is 2.27. The van der Waals surface area contributed by atoms with E-state index in [9.17, 15) is 14.7 Å². The Balaban J connectivity index is 3.47. The number of hydrogen-bond donors (Lipinski definition) is 3. The summed E-state index contributed by atoms with van der Waals surface area (Å²) in [5.41, 5.74) is -0.778. The van der Waals surface area contributed by atoms with Crippen molar-refractivity contribution in [2.75, 3.05) is 6.26 Å². The lowest BCUT2D eigenvalue weighted by Crippen LogP contribution is -2.16. The van der Waals surface area contributed by atoms with Gasteiger partial charge >= 0.3 is 11.9 Å². The van der Waals surface area contributed by atoms with Crippen LogP contribution < -0.4 is 0 Å². The predicted octanol–water partition coefficient (Wildman–Crippen LogP) is 0.790. The third-order valence-corrected chi connectivity index (χ3v) is 2.62. The van der Waals surface area contributed by atoms with Gasteiger partial charge in [0.15, 0.2) is 5.16 Å². The molecule has 0 saturated heterocycles. The van der Waals surface area contributed by atoms with Crippen molar-refractivity contribution in [3.05, 3.63) is 11.3 Å². The first-order chi connectivity index (χ1) is 7.88. The lowest BCUT2D eigenvalue weighted by molar-refractivity contribution is -0.138. The van der Waals surface area contributed by atoms with Crippen LogP contribution in [0.5, 0.6) is 5.88 Å². The van der Waals surface area contributed by atoms with Gasteiger partial charge in [0.05, 0.1) is 11.6 Å². The van der Waals surface area contributed by atoms with Crippen LogP contribution in [0.3, 0.4) is 0 Å². The molecule has 0 aliphatic rings. The molecular formula is C9H10N2O5S. The van der Waals surface area contributed by atoms with E-state index in [2.05, 4.69) is 9.97 Å². The zero-order chi connectivity index (χ0) is 13.2. The molecule has 3 N–H and O–H groups in total. The van der Waals surface area contributed by atoms with Crippen LogP contribution in [0.4, 0.5) is 0 Å². The van der Waals surface area contributed by atoms with Crippen LogP contribution in [-0.2, 0) is 4.79 Å². The molecule has 1 aromatic heterocycles. The van der Waals surface area contributed by atoms with Crippen molar-refractivity contribution in [1.82, 2.24) is 9.97 Å². The molecule has 1 atom stereocenters. The predicted molar refractivity (Wildman–Crippen MR) is 58.5 cm³/mol. The summed E-state index contributed by atoms with van der Waals surface area (Å²) in [5.74, 6) is -4.54. The zero-order valence-corrected chi connectivity index (χ0v) is 9.85. The van der Waals surface area contributed by atoms with Crippen LogP contribution in [0.15, 0.2) is 5.16 Å². The van der Waals surface area contributed by atoms with Gasteiger partial charge in [0.1, 0.15) is 5.56 Å². The zero-order valence-electron chi connectivity index (χ0n) is 9.04. The molecule has 0 bridgehead atoms. The highest BCUT2D eigenvalue weighted by molar-refractivity contribution is 7.98. The maximum atomic E-state index is 10.9. The summed E-state index contributed by atoms with van der Waals surface area (Å²) in [6.07, 6.45) is 1.63. The van der Waals surface area contributed by atoms with E-state index in [0.29, 0.717) is 0 Å². The van der Waals surface area contributed by atoms with E-state index in [4.69, 9.17) is 10.2 Å². The number of aliphatic carboxylic acids is 1. The van der Waals surface area contributed by atoms with Crippen LogP contribution in [0.2, 0.25) is 0 Å². The number of nitrogens with zero attached hydrogens (tertiary/aromatic N) is 2. The second kappa shape index (κ2) is 5.00. The van der Waals surface area contributed by atoms with E-state index < -0.39 is 29.3 Å². The van der Waals surface area contributed by atoms with Gasteiger partial charge in [-0.15, -0.1) is 0 Å². The highest BCUT2D eigenvalue weighted by Crippen LogP contribution is 2.27. The number of aromatic nitrogens is 2. The fourth-order valence-corrected chi connectivity index (χ4v) is 1.54. The van der Waals surface area contributed by atoms with Crippen molar-refractivity contribution >= 4 is 23.7 Å². The Morgan fingerprint density at radius 2 is 1.88 bits per heavy atom. The Morgan fingerprint density at radius 1 is 1.29 bits per heavy atom. The van der Waals surface area contributed by atoms with E-state index in [1.807, 2.05) is 0 Å². The van der Waals surface area contributed by atoms with Gasteiger partial charge in [-0.05, 0) is 13.2 Å².